The maximum Gasteiger partial charge on any atom is 0.336 e. The molecule has 1 aromatic heterocycles. The zero-order valence-corrected chi connectivity index (χ0v) is 16.5. The number of hydrogen-bond acceptors (Lipinski definition) is 3. The number of piperazine rings is 1. The van der Waals surface area contributed by atoms with Gasteiger partial charge in [-0.05, 0) is 55.3 Å². The number of nitrogens with one attached hydrogen (secondary N) is 1. The van der Waals surface area contributed by atoms with Gasteiger partial charge in [0.15, 0.2) is 0 Å². The Hall–Kier alpha value is -2.30. The molecule has 0 radical (unpaired) electrons. The Morgan fingerprint density at radius 1 is 1.07 bits per heavy atom. The lowest BCUT2D eigenvalue weighted by Crippen LogP contribution is -3.13. The van der Waals surface area contributed by atoms with Crippen LogP contribution in [0.15, 0.2) is 51.7 Å². The fourth-order valence-corrected chi connectivity index (χ4v) is 4.01. The summed E-state index contributed by atoms with van der Waals surface area (Å²) in [6.45, 7) is 8.99. The Kier molecular flexibility index (Phi) is 4.94. The van der Waals surface area contributed by atoms with E-state index in [1.54, 1.807) is 6.07 Å². The Morgan fingerprint density at radius 3 is 2.56 bits per heavy atom. The third kappa shape index (κ3) is 3.87. The molecular formula is C22H24ClN2O2+. The van der Waals surface area contributed by atoms with E-state index < -0.39 is 0 Å². The predicted octanol–water partition coefficient (Wildman–Crippen LogP) is 2.97. The van der Waals surface area contributed by atoms with Crippen molar-refractivity contribution in [3.05, 3.63) is 74.6 Å². The summed E-state index contributed by atoms with van der Waals surface area (Å²) >= 11 is 6.12. The van der Waals surface area contributed by atoms with E-state index in [0.29, 0.717) is 5.58 Å². The zero-order valence-electron chi connectivity index (χ0n) is 15.7. The van der Waals surface area contributed by atoms with Crippen LogP contribution in [0.1, 0.15) is 16.7 Å². The maximum atomic E-state index is 12.0. The van der Waals surface area contributed by atoms with Crippen molar-refractivity contribution >= 4 is 28.3 Å². The van der Waals surface area contributed by atoms with E-state index in [1.165, 1.54) is 16.2 Å². The van der Waals surface area contributed by atoms with Gasteiger partial charge in [0.1, 0.15) is 12.1 Å². The smallest absolute Gasteiger partial charge is 0.336 e. The molecule has 2 aromatic carbocycles. The second kappa shape index (κ2) is 7.37. The average molecular weight is 384 g/mol. The monoisotopic (exact) mass is 383 g/mol. The second-order valence-corrected chi connectivity index (χ2v) is 7.85. The van der Waals surface area contributed by atoms with E-state index in [0.717, 1.165) is 54.3 Å². The first-order chi connectivity index (χ1) is 13.0. The lowest BCUT2D eigenvalue weighted by Gasteiger charge is -2.33. The summed E-state index contributed by atoms with van der Waals surface area (Å²) in [4.78, 5) is 15.9. The van der Waals surface area contributed by atoms with Crippen LogP contribution in [0.3, 0.4) is 0 Å². The molecule has 0 spiro atoms. The van der Waals surface area contributed by atoms with E-state index in [9.17, 15) is 4.79 Å². The van der Waals surface area contributed by atoms with Gasteiger partial charge in [-0.1, -0.05) is 17.7 Å². The van der Waals surface area contributed by atoms with E-state index in [2.05, 4.69) is 24.0 Å². The largest absolute Gasteiger partial charge is 0.423 e. The van der Waals surface area contributed by atoms with Crippen molar-refractivity contribution in [2.75, 3.05) is 31.1 Å². The molecule has 0 amide bonds. The quantitative estimate of drug-likeness (QED) is 0.706. The number of hydrogen-bond donors (Lipinski definition) is 1. The fraction of sp³-hybridized carbons (Fsp3) is 0.318. The van der Waals surface area contributed by atoms with Crippen molar-refractivity contribution in [2.45, 2.75) is 20.4 Å². The molecule has 4 nitrogen and oxygen atoms in total. The van der Waals surface area contributed by atoms with Crippen molar-refractivity contribution in [2.24, 2.45) is 0 Å². The topological polar surface area (TPSA) is 37.9 Å². The van der Waals surface area contributed by atoms with Crippen molar-refractivity contribution < 1.29 is 9.32 Å². The number of quaternary nitrogens is 1. The Bertz CT molecular complexity index is 1040. The summed E-state index contributed by atoms with van der Waals surface area (Å²) in [7, 11) is 0. The number of benzene rings is 2. The second-order valence-electron chi connectivity index (χ2n) is 7.42. The van der Waals surface area contributed by atoms with Gasteiger partial charge in [0.25, 0.3) is 0 Å². The summed E-state index contributed by atoms with van der Waals surface area (Å²) in [5.41, 5.74) is 5.05. The lowest BCUT2D eigenvalue weighted by atomic mass is 10.0. The van der Waals surface area contributed by atoms with Crippen LogP contribution < -0.4 is 15.4 Å². The minimum absolute atomic E-state index is 0.266. The Balaban J connectivity index is 1.52. The molecule has 2 heterocycles. The zero-order chi connectivity index (χ0) is 19.0. The van der Waals surface area contributed by atoms with E-state index in [4.69, 9.17) is 16.0 Å². The first kappa shape index (κ1) is 18.1. The number of nitrogens with zero attached hydrogens (tertiary/aromatic N) is 1. The molecule has 1 aliphatic rings. The van der Waals surface area contributed by atoms with Crippen molar-refractivity contribution in [3.63, 3.8) is 0 Å². The molecule has 0 atom stereocenters. The van der Waals surface area contributed by atoms with Crippen LogP contribution in [0.5, 0.6) is 0 Å². The molecule has 4 rings (SSSR count). The number of halogens is 1. The van der Waals surface area contributed by atoms with E-state index in [-0.39, 0.29) is 5.63 Å². The van der Waals surface area contributed by atoms with Gasteiger partial charge in [0.2, 0.25) is 0 Å². The molecule has 0 bridgehead atoms. The third-order valence-corrected chi connectivity index (χ3v) is 5.76. The molecule has 1 saturated heterocycles. The molecule has 0 unspecified atom stereocenters. The van der Waals surface area contributed by atoms with Gasteiger partial charge in [0, 0.05) is 27.7 Å². The van der Waals surface area contributed by atoms with E-state index in [1.807, 2.05) is 31.2 Å². The Morgan fingerprint density at radius 2 is 1.81 bits per heavy atom. The lowest BCUT2D eigenvalue weighted by molar-refractivity contribution is -0.914. The summed E-state index contributed by atoms with van der Waals surface area (Å²) in [6.07, 6.45) is 0. The first-order valence-corrected chi connectivity index (χ1v) is 9.75. The molecule has 5 heteroatoms. The van der Waals surface area contributed by atoms with Gasteiger partial charge >= 0.3 is 5.63 Å². The van der Waals surface area contributed by atoms with E-state index >= 15 is 0 Å². The summed E-state index contributed by atoms with van der Waals surface area (Å²) in [6, 6.07) is 13.8. The molecule has 1 aliphatic heterocycles. The van der Waals surface area contributed by atoms with Crippen molar-refractivity contribution in [1.29, 1.82) is 0 Å². The van der Waals surface area contributed by atoms with Crippen LogP contribution in [-0.4, -0.2) is 26.2 Å². The minimum Gasteiger partial charge on any atom is -0.423 e. The molecule has 3 aromatic rings. The highest BCUT2D eigenvalue weighted by atomic mass is 35.5. The highest BCUT2D eigenvalue weighted by molar-refractivity contribution is 6.30. The number of rotatable bonds is 3. The highest BCUT2D eigenvalue weighted by Crippen LogP contribution is 2.22. The number of fused-ring (bicyclic) bond motifs is 1. The molecule has 1 fully saturated rings. The molecule has 0 aliphatic carbocycles. The fourth-order valence-electron chi connectivity index (χ4n) is 3.83. The van der Waals surface area contributed by atoms with Gasteiger partial charge in [-0.3, -0.25) is 0 Å². The van der Waals surface area contributed by atoms with Crippen LogP contribution in [0, 0.1) is 13.8 Å². The van der Waals surface area contributed by atoms with Crippen LogP contribution in [0.2, 0.25) is 5.02 Å². The molecule has 27 heavy (non-hydrogen) atoms. The molecule has 140 valence electrons. The van der Waals surface area contributed by atoms with Gasteiger partial charge in [-0.2, -0.15) is 0 Å². The first-order valence-electron chi connectivity index (χ1n) is 9.38. The maximum absolute atomic E-state index is 12.0. The average Bonchev–Trinajstić information content (AvgIpc) is 2.64. The molecule has 1 N–H and O–H groups in total. The van der Waals surface area contributed by atoms with Gasteiger partial charge in [0.05, 0.1) is 26.2 Å². The van der Waals surface area contributed by atoms with Gasteiger partial charge in [-0.25, -0.2) is 4.79 Å². The van der Waals surface area contributed by atoms with Crippen molar-refractivity contribution in [3.8, 4) is 0 Å². The summed E-state index contributed by atoms with van der Waals surface area (Å²) in [5, 5.41) is 1.83. The van der Waals surface area contributed by atoms with Crippen molar-refractivity contribution in [1.82, 2.24) is 0 Å². The number of anilines is 1. The van der Waals surface area contributed by atoms with Crippen LogP contribution in [0.4, 0.5) is 5.69 Å². The molecule has 0 saturated carbocycles. The van der Waals surface area contributed by atoms with Gasteiger partial charge in [-0.15, -0.1) is 0 Å². The number of aryl methyl sites for hydroxylation is 2. The van der Waals surface area contributed by atoms with Crippen LogP contribution in [-0.2, 0) is 6.54 Å². The minimum atomic E-state index is -0.266. The normalized spacial score (nSPS) is 15.4. The van der Waals surface area contributed by atoms with Gasteiger partial charge < -0.3 is 14.2 Å². The molecular weight excluding hydrogens is 360 g/mol. The summed E-state index contributed by atoms with van der Waals surface area (Å²) in [5.74, 6) is 0. The highest BCUT2D eigenvalue weighted by Gasteiger charge is 2.22. The standard InChI is InChI=1S/C22H23ClN2O2/c1-15-10-20-17(12-22(26)27-21(20)11-16(15)2)14-24-6-8-25(9-7-24)19-5-3-4-18(23)13-19/h3-5,10-13H,6-9,14H2,1-2H3/p+1. The predicted molar refractivity (Wildman–Crippen MR) is 110 cm³/mol. The summed E-state index contributed by atoms with van der Waals surface area (Å²) < 4.78 is 5.43. The van der Waals surface area contributed by atoms with Crippen LogP contribution >= 0.6 is 11.6 Å². The SMILES string of the molecule is Cc1cc2oc(=O)cc(C[NH+]3CCN(c4cccc(Cl)c4)CC3)c2cc1C. The Labute approximate surface area is 164 Å². The third-order valence-electron chi connectivity index (χ3n) is 5.53. The van der Waals surface area contributed by atoms with Crippen LogP contribution in [0.25, 0.3) is 11.0 Å².